The normalized spacial score (nSPS) is 13.7. The van der Waals surface area contributed by atoms with Crippen molar-refractivity contribution in [3.63, 3.8) is 0 Å². The number of amides is 1. The molecule has 0 saturated heterocycles. The van der Waals surface area contributed by atoms with Crippen LogP contribution in [0.3, 0.4) is 0 Å². The Morgan fingerprint density at radius 2 is 1.73 bits per heavy atom. The first kappa shape index (κ1) is 25.3. The van der Waals surface area contributed by atoms with E-state index in [1.807, 2.05) is 60.7 Å². The SMILES string of the molecule is COc1ccc(CN2CN(C)C(=O)c3c(NC(C)c4cc5ccccc5nc4-c4ccccc4)ncnc32)cc1. The van der Waals surface area contributed by atoms with Crippen LogP contribution in [-0.2, 0) is 6.54 Å². The van der Waals surface area contributed by atoms with Crippen LogP contribution in [0.4, 0.5) is 11.6 Å². The zero-order chi connectivity index (χ0) is 27.6. The minimum absolute atomic E-state index is 0.115. The first-order valence-corrected chi connectivity index (χ1v) is 13.2. The monoisotopic (exact) mass is 530 g/mol. The molecule has 0 saturated carbocycles. The molecule has 5 aromatic rings. The lowest BCUT2D eigenvalue weighted by Crippen LogP contribution is -2.45. The van der Waals surface area contributed by atoms with E-state index in [1.165, 1.54) is 6.33 Å². The molecule has 6 rings (SSSR count). The van der Waals surface area contributed by atoms with E-state index in [0.717, 1.165) is 39.0 Å². The van der Waals surface area contributed by atoms with Crippen molar-refractivity contribution in [3.05, 3.63) is 108 Å². The Morgan fingerprint density at radius 1 is 0.975 bits per heavy atom. The van der Waals surface area contributed by atoms with Crippen LogP contribution < -0.4 is 15.0 Å². The molecule has 1 aliphatic heterocycles. The molecule has 1 atom stereocenters. The van der Waals surface area contributed by atoms with Crippen molar-refractivity contribution in [2.24, 2.45) is 0 Å². The van der Waals surface area contributed by atoms with Gasteiger partial charge in [0.15, 0.2) is 0 Å². The summed E-state index contributed by atoms with van der Waals surface area (Å²) in [4.78, 5) is 31.3. The Hall–Kier alpha value is -4.98. The van der Waals surface area contributed by atoms with Crippen molar-refractivity contribution in [2.75, 3.05) is 31.0 Å². The molecule has 0 fully saturated rings. The smallest absolute Gasteiger partial charge is 0.262 e. The van der Waals surface area contributed by atoms with Crippen molar-refractivity contribution in [2.45, 2.75) is 19.5 Å². The number of hydrogen-bond acceptors (Lipinski definition) is 7. The number of fused-ring (bicyclic) bond motifs is 2. The van der Waals surface area contributed by atoms with Crippen LogP contribution in [0.1, 0.15) is 34.5 Å². The Kier molecular flexibility index (Phi) is 6.74. The Morgan fingerprint density at radius 3 is 2.50 bits per heavy atom. The molecule has 8 heteroatoms. The molecule has 1 amide bonds. The molecule has 0 radical (unpaired) electrons. The van der Waals surface area contributed by atoms with Crippen molar-refractivity contribution in [3.8, 4) is 17.0 Å². The predicted molar refractivity (Wildman–Crippen MR) is 157 cm³/mol. The van der Waals surface area contributed by atoms with E-state index < -0.39 is 0 Å². The fourth-order valence-corrected chi connectivity index (χ4v) is 5.15. The van der Waals surface area contributed by atoms with Gasteiger partial charge in [0, 0.05) is 30.1 Å². The van der Waals surface area contributed by atoms with Gasteiger partial charge in [-0.25, -0.2) is 15.0 Å². The highest BCUT2D eigenvalue weighted by Crippen LogP contribution is 2.35. The topological polar surface area (TPSA) is 83.5 Å². The number of nitrogens with one attached hydrogen (secondary N) is 1. The minimum atomic E-state index is -0.193. The highest BCUT2D eigenvalue weighted by atomic mass is 16.5. The average molecular weight is 531 g/mol. The maximum absolute atomic E-state index is 13.5. The van der Waals surface area contributed by atoms with Gasteiger partial charge in [-0.15, -0.1) is 0 Å². The van der Waals surface area contributed by atoms with E-state index in [1.54, 1.807) is 19.1 Å². The lowest BCUT2D eigenvalue weighted by Gasteiger charge is -2.36. The molecule has 0 spiro atoms. The van der Waals surface area contributed by atoms with E-state index in [-0.39, 0.29) is 11.9 Å². The highest BCUT2D eigenvalue weighted by Gasteiger charge is 2.32. The number of methoxy groups -OCH3 is 1. The second-order valence-electron chi connectivity index (χ2n) is 9.96. The maximum Gasteiger partial charge on any atom is 0.262 e. The van der Waals surface area contributed by atoms with Gasteiger partial charge in [-0.3, -0.25) is 4.79 Å². The number of carbonyl (C=O) groups is 1. The van der Waals surface area contributed by atoms with Gasteiger partial charge in [-0.2, -0.15) is 0 Å². The molecule has 3 aromatic carbocycles. The van der Waals surface area contributed by atoms with Crippen LogP contribution in [0.5, 0.6) is 5.75 Å². The van der Waals surface area contributed by atoms with E-state index >= 15 is 0 Å². The van der Waals surface area contributed by atoms with Crippen LogP contribution in [0.25, 0.3) is 22.2 Å². The first-order valence-electron chi connectivity index (χ1n) is 13.2. The summed E-state index contributed by atoms with van der Waals surface area (Å²) in [5.74, 6) is 1.80. The molecule has 1 unspecified atom stereocenters. The zero-order valence-corrected chi connectivity index (χ0v) is 22.7. The largest absolute Gasteiger partial charge is 0.497 e. The van der Waals surface area contributed by atoms with Gasteiger partial charge >= 0.3 is 0 Å². The van der Waals surface area contributed by atoms with E-state index in [2.05, 4.69) is 51.4 Å². The van der Waals surface area contributed by atoms with Crippen LogP contribution >= 0.6 is 0 Å². The Bertz CT molecular complexity index is 1670. The molecular formula is C32H30N6O2. The van der Waals surface area contributed by atoms with Crippen LogP contribution in [0, 0.1) is 0 Å². The standard InChI is InChI=1S/C32H30N6O2/c1-21(26-17-24-11-7-8-12-27(24)36-29(26)23-9-5-4-6-10-23)35-30-28-31(34-19-33-30)38(20-37(2)32(28)39)18-22-13-15-25(40-3)16-14-22/h4-17,19,21H,18,20H2,1-3H3,(H,33,34,35). The van der Waals surface area contributed by atoms with Gasteiger partial charge in [0.2, 0.25) is 0 Å². The lowest BCUT2D eigenvalue weighted by molar-refractivity contribution is 0.0781. The molecule has 8 nitrogen and oxygen atoms in total. The highest BCUT2D eigenvalue weighted by molar-refractivity contribution is 6.04. The fraction of sp³-hybridized carbons (Fsp3) is 0.188. The minimum Gasteiger partial charge on any atom is -0.497 e. The van der Waals surface area contributed by atoms with Crippen molar-refractivity contribution in [1.29, 1.82) is 0 Å². The summed E-state index contributed by atoms with van der Waals surface area (Å²) >= 11 is 0. The lowest BCUT2D eigenvalue weighted by atomic mass is 9.98. The quantitative estimate of drug-likeness (QED) is 0.280. The van der Waals surface area contributed by atoms with Crippen molar-refractivity contribution in [1.82, 2.24) is 19.9 Å². The zero-order valence-electron chi connectivity index (χ0n) is 22.7. The van der Waals surface area contributed by atoms with Crippen LogP contribution in [0.2, 0.25) is 0 Å². The Labute approximate surface area is 233 Å². The van der Waals surface area contributed by atoms with Gasteiger partial charge < -0.3 is 19.9 Å². The van der Waals surface area contributed by atoms with E-state index in [4.69, 9.17) is 9.72 Å². The number of nitrogens with zero attached hydrogens (tertiary/aromatic N) is 5. The summed E-state index contributed by atoms with van der Waals surface area (Å²) in [6, 6.07) is 28.2. The number of pyridine rings is 1. The number of para-hydroxylation sites is 1. The van der Waals surface area contributed by atoms with Crippen molar-refractivity contribution >= 4 is 28.4 Å². The second-order valence-corrected chi connectivity index (χ2v) is 9.96. The van der Waals surface area contributed by atoms with Crippen molar-refractivity contribution < 1.29 is 9.53 Å². The molecule has 2 aromatic heterocycles. The molecule has 1 N–H and O–H groups in total. The summed E-state index contributed by atoms with van der Waals surface area (Å²) in [6.45, 7) is 3.09. The number of ether oxygens (including phenoxy) is 1. The van der Waals surface area contributed by atoms with Gasteiger partial charge in [0.05, 0.1) is 31.0 Å². The summed E-state index contributed by atoms with van der Waals surface area (Å²) < 4.78 is 5.30. The molecule has 0 bridgehead atoms. The average Bonchev–Trinajstić information content (AvgIpc) is 3.00. The molecule has 3 heterocycles. The molecule has 40 heavy (non-hydrogen) atoms. The summed E-state index contributed by atoms with van der Waals surface area (Å²) in [6.07, 6.45) is 1.52. The number of aromatic nitrogens is 3. The predicted octanol–water partition coefficient (Wildman–Crippen LogP) is 5.92. The molecule has 1 aliphatic rings. The summed E-state index contributed by atoms with van der Waals surface area (Å²) in [5, 5.41) is 4.58. The molecular weight excluding hydrogens is 500 g/mol. The maximum atomic E-state index is 13.5. The first-order chi connectivity index (χ1) is 19.5. The number of anilines is 2. The van der Waals surface area contributed by atoms with Gasteiger partial charge in [-0.1, -0.05) is 60.7 Å². The third kappa shape index (κ3) is 4.80. The molecule has 0 aliphatic carbocycles. The third-order valence-electron chi connectivity index (χ3n) is 7.22. The number of rotatable bonds is 7. The molecule has 200 valence electrons. The number of carbonyl (C=O) groups excluding carboxylic acids is 1. The van der Waals surface area contributed by atoms with Gasteiger partial charge in [0.25, 0.3) is 5.91 Å². The van der Waals surface area contributed by atoms with E-state index in [9.17, 15) is 4.79 Å². The van der Waals surface area contributed by atoms with Gasteiger partial charge in [0.1, 0.15) is 29.3 Å². The van der Waals surface area contributed by atoms with Crippen LogP contribution in [0.15, 0.2) is 91.3 Å². The number of benzene rings is 3. The summed E-state index contributed by atoms with van der Waals surface area (Å²) in [5.41, 5.74) is 5.43. The second kappa shape index (κ2) is 10.6. The van der Waals surface area contributed by atoms with Crippen LogP contribution in [-0.4, -0.2) is 46.6 Å². The third-order valence-corrected chi connectivity index (χ3v) is 7.22. The summed E-state index contributed by atoms with van der Waals surface area (Å²) in [7, 11) is 3.45. The Balaban J connectivity index is 1.37. The fourth-order valence-electron chi connectivity index (χ4n) is 5.15. The van der Waals surface area contributed by atoms with E-state index in [0.29, 0.717) is 30.4 Å². The number of hydrogen-bond donors (Lipinski definition) is 1. The van der Waals surface area contributed by atoms with Gasteiger partial charge in [-0.05, 0) is 36.8 Å².